The minimum Gasteiger partial charge on any atom is -0.489 e. The van der Waals surface area contributed by atoms with E-state index >= 15 is 0 Å². The van der Waals surface area contributed by atoms with Crippen LogP contribution in [0.15, 0.2) is 34.7 Å². The van der Waals surface area contributed by atoms with Gasteiger partial charge in [0.15, 0.2) is 5.84 Å². The molecule has 0 atom stereocenters. The highest BCUT2D eigenvalue weighted by Gasteiger charge is 2.24. The SMILES string of the molecule is CCNC(=O)/C=C/COc1cccc2c1C(N)=NS(=O)(=O)N2. The van der Waals surface area contributed by atoms with Crippen LogP contribution < -0.4 is 20.5 Å². The van der Waals surface area contributed by atoms with E-state index in [4.69, 9.17) is 10.5 Å². The highest BCUT2D eigenvalue weighted by molar-refractivity contribution is 7.91. The zero-order chi connectivity index (χ0) is 16.2. The number of anilines is 1. The lowest BCUT2D eigenvalue weighted by Gasteiger charge is -2.18. The molecule has 1 aliphatic heterocycles. The predicted molar refractivity (Wildman–Crippen MR) is 83.0 cm³/mol. The molecule has 1 aromatic carbocycles. The highest BCUT2D eigenvalue weighted by atomic mass is 32.2. The van der Waals surface area contributed by atoms with Gasteiger partial charge in [0.2, 0.25) is 5.91 Å². The number of nitrogens with one attached hydrogen (secondary N) is 2. The summed E-state index contributed by atoms with van der Waals surface area (Å²) in [6.45, 7) is 2.50. The summed E-state index contributed by atoms with van der Waals surface area (Å²) in [6, 6.07) is 4.83. The molecule has 1 aliphatic rings. The second-order valence-corrected chi connectivity index (χ2v) is 5.68. The van der Waals surface area contributed by atoms with Crippen LogP contribution in [0.2, 0.25) is 0 Å². The minimum atomic E-state index is -3.81. The minimum absolute atomic E-state index is 0.133. The molecule has 22 heavy (non-hydrogen) atoms. The van der Waals surface area contributed by atoms with E-state index in [2.05, 4.69) is 14.4 Å². The van der Waals surface area contributed by atoms with Crippen molar-refractivity contribution in [3.05, 3.63) is 35.9 Å². The van der Waals surface area contributed by atoms with E-state index < -0.39 is 10.2 Å². The summed E-state index contributed by atoms with van der Waals surface area (Å²) in [5.41, 5.74) is 6.37. The van der Waals surface area contributed by atoms with Crippen LogP contribution in [0.4, 0.5) is 5.69 Å². The third-order valence-electron chi connectivity index (χ3n) is 2.70. The summed E-state index contributed by atoms with van der Waals surface area (Å²) < 4.78 is 34.1. The maximum absolute atomic E-state index is 11.5. The number of carbonyl (C=O) groups excluding carboxylic acids is 1. The van der Waals surface area contributed by atoms with E-state index in [9.17, 15) is 13.2 Å². The molecule has 0 aliphatic carbocycles. The summed E-state index contributed by atoms with van der Waals surface area (Å²) >= 11 is 0. The summed E-state index contributed by atoms with van der Waals surface area (Å²) in [6.07, 6.45) is 2.91. The number of carbonyl (C=O) groups is 1. The fourth-order valence-electron chi connectivity index (χ4n) is 1.86. The standard InChI is InChI=1S/C13H16N4O4S/c1-2-15-11(18)7-4-8-21-10-6-3-5-9-12(10)13(14)17-22(19,20)16-9/h3-7,16H,2,8H2,1H3,(H2,14,17)(H,15,18)/b7-4+. The molecule has 0 spiro atoms. The van der Waals surface area contributed by atoms with Crippen LogP contribution in [-0.4, -0.2) is 33.3 Å². The fourth-order valence-corrected chi connectivity index (χ4v) is 2.71. The van der Waals surface area contributed by atoms with Gasteiger partial charge in [0.25, 0.3) is 0 Å². The van der Waals surface area contributed by atoms with Crippen LogP contribution in [0, 0.1) is 0 Å². The Hall–Kier alpha value is -2.55. The Kier molecular flexibility index (Phi) is 4.66. The molecular formula is C13H16N4O4S. The number of nitrogens with zero attached hydrogens (tertiary/aromatic N) is 1. The number of nitrogens with two attached hydrogens (primary N) is 1. The number of likely N-dealkylation sites (N-methyl/N-ethyl adjacent to an activating group) is 1. The first-order valence-electron chi connectivity index (χ1n) is 6.51. The lowest BCUT2D eigenvalue weighted by atomic mass is 10.1. The first-order chi connectivity index (χ1) is 10.4. The average molecular weight is 324 g/mol. The topological polar surface area (TPSA) is 123 Å². The van der Waals surface area contributed by atoms with Gasteiger partial charge < -0.3 is 15.8 Å². The molecule has 9 heteroatoms. The molecule has 0 radical (unpaired) electrons. The quantitative estimate of drug-likeness (QED) is 0.665. The fraction of sp³-hybridized carbons (Fsp3) is 0.231. The molecule has 8 nitrogen and oxygen atoms in total. The molecular weight excluding hydrogens is 308 g/mol. The van der Waals surface area contributed by atoms with Crippen LogP contribution in [0.3, 0.4) is 0 Å². The number of amides is 1. The third kappa shape index (κ3) is 3.76. The zero-order valence-corrected chi connectivity index (χ0v) is 12.7. The first kappa shape index (κ1) is 15.8. The van der Waals surface area contributed by atoms with Gasteiger partial charge in [-0.2, -0.15) is 8.42 Å². The van der Waals surface area contributed by atoms with E-state index in [1.165, 1.54) is 6.08 Å². The van der Waals surface area contributed by atoms with Gasteiger partial charge in [0, 0.05) is 12.6 Å². The molecule has 0 aromatic heterocycles. The van der Waals surface area contributed by atoms with Crippen molar-refractivity contribution in [2.45, 2.75) is 6.92 Å². The third-order valence-corrected chi connectivity index (χ3v) is 3.61. The molecule has 1 heterocycles. The summed E-state index contributed by atoms with van der Waals surface area (Å²) in [5, 5.41) is 2.61. The van der Waals surface area contributed by atoms with Gasteiger partial charge in [0.1, 0.15) is 12.4 Å². The number of hydrogen-bond acceptors (Lipinski definition) is 5. The van der Waals surface area contributed by atoms with Gasteiger partial charge >= 0.3 is 10.2 Å². The Morgan fingerprint density at radius 1 is 1.50 bits per heavy atom. The van der Waals surface area contributed by atoms with E-state index in [-0.39, 0.29) is 18.3 Å². The van der Waals surface area contributed by atoms with Crippen molar-refractivity contribution in [1.82, 2.24) is 5.32 Å². The monoisotopic (exact) mass is 324 g/mol. The molecule has 118 valence electrons. The van der Waals surface area contributed by atoms with Crippen LogP contribution >= 0.6 is 0 Å². The van der Waals surface area contributed by atoms with E-state index in [1.807, 2.05) is 6.92 Å². The Morgan fingerprint density at radius 2 is 2.27 bits per heavy atom. The smallest absolute Gasteiger partial charge is 0.344 e. The van der Waals surface area contributed by atoms with Crippen molar-refractivity contribution in [1.29, 1.82) is 0 Å². The Morgan fingerprint density at radius 3 is 3.00 bits per heavy atom. The average Bonchev–Trinajstić information content (AvgIpc) is 2.42. The second kappa shape index (κ2) is 6.48. The second-order valence-electron chi connectivity index (χ2n) is 4.34. The van der Waals surface area contributed by atoms with Gasteiger partial charge in [-0.3, -0.25) is 9.52 Å². The summed E-state index contributed by atoms with van der Waals surface area (Å²) in [7, 11) is -3.81. The number of fused-ring (bicyclic) bond motifs is 1. The Bertz CT molecular complexity index is 740. The lowest BCUT2D eigenvalue weighted by molar-refractivity contribution is -0.116. The molecule has 0 saturated heterocycles. The molecule has 1 amide bonds. The molecule has 2 rings (SSSR count). The van der Waals surface area contributed by atoms with Gasteiger partial charge in [0.05, 0.1) is 11.3 Å². The van der Waals surface area contributed by atoms with E-state index in [0.29, 0.717) is 23.5 Å². The molecule has 4 N–H and O–H groups in total. The zero-order valence-electron chi connectivity index (χ0n) is 11.9. The lowest BCUT2D eigenvalue weighted by Crippen LogP contribution is -2.27. The number of benzene rings is 1. The Labute approximate surface area is 128 Å². The van der Waals surface area contributed by atoms with Crippen LogP contribution in [0.1, 0.15) is 12.5 Å². The predicted octanol–water partition coefficient (Wildman–Crippen LogP) is 0.133. The molecule has 1 aromatic rings. The van der Waals surface area contributed by atoms with Gasteiger partial charge in [-0.05, 0) is 25.1 Å². The van der Waals surface area contributed by atoms with Crippen molar-refractivity contribution in [2.75, 3.05) is 17.9 Å². The van der Waals surface area contributed by atoms with Crippen molar-refractivity contribution in [3.8, 4) is 5.75 Å². The van der Waals surface area contributed by atoms with Gasteiger partial charge in [-0.15, -0.1) is 4.40 Å². The summed E-state index contributed by atoms with van der Waals surface area (Å²) in [5.74, 6) is 0.0220. The first-order valence-corrected chi connectivity index (χ1v) is 7.95. The molecule has 0 saturated carbocycles. The number of rotatable bonds is 5. The van der Waals surface area contributed by atoms with Crippen LogP contribution in [-0.2, 0) is 15.0 Å². The van der Waals surface area contributed by atoms with Gasteiger partial charge in [-0.25, -0.2) is 0 Å². The Balaban J connectivity index is 2.13. The maximum Gasteiger partial charge on any atom is 0.344 e. The van der Waals surface area contributed by atoms with Crippen LogP contribution in [0.25, 0.3) is 0 Å². The van der Waals surface area contributed by atoms with E-state index in [0.717, 1.165) is 0 Å². The van der Waals surface area contributed by atoms with Crippen molar-refractivity contribution >= 4 is 27.6 Å². The van der Waals surface area contributed by atoms with Crippen molar-refractivity contribution in [3.63, 3.8) is 0 Å². The number of ether oxygens (including phenoxy) is 1. The molecule has 0 bridgehead atoms. The number of hydrogen-bond donors (Lipinski definition) is 3. The van der Waals surface area contributed by atoms with Crippen LogP contribution in [0.5, 0.6) is 5.75 Å². The van der Waals surface area contributed by atoms with Crippen molar-refractivity contribution in [2.24, 2.45) is 10.1 Å². The molecule has 0 unspecified atom stereocenters. The normalized spacial score (nSPS) is 15.6. The largest absolute Gasteiger partial charge is 0.489 e. The van der Waals surface area contributed by atoms with Gasteiger partial charge in [-0.1, -0.05) is 6.07 Å². The van der Waals surface area contributed by atoms with E-state index in [1.54, 1.807) is 24.3 Å². The number of amidine groups is 1. The molecule has 0 fully saturated rings. The maximum atomic E-state index is 11.5. The van der Waals surface area contributed by atoms with Crippen molar-refractivity contribution < 1.29 is 17.9 Å². The summed E-state index contributed by atoms with van der Waals surface area (Å²) in [4.78, 5) is 11.2. The highest BCUT2D eigenvalue weighted by Crippen LogP contribution is 2.30.